The monoisotopic (exact) mass is 385 g/mol. The summed E-state index contributed by atoms with van der Waals surface area (Å²) < 4.78 is 5.53. The molecule has 28 heavy (non-hydrogen) atoms. The summed E-state index contributed by atoms with van der Waals surface area (Å²) in [7, 11) is 1.57. The van der Waals surface area contributed by atoms with Crippen LogP contribution in [0.15, 0.2) is 48.7 Å². The molecule has 152 valence electrons. The molecular weight excluding hydrogens is 354 g/mol. The molecule has 0 spiro atoms. The van der Waals surface area contributed by atoms with Crippen molar-refractivity contribution in [3.05, 3.63) is 59.9 Å². The highest BCUT2D eigenvalue weighted by atomic mass is 16.5. The Bertz CT molecular complexity index is 751. The molecule has 0 bridgehead atoms. The summed E-state index contributed by atoms with van der Waals surface area (Å²) >= 11 is 0. The molecule has 2 rings (SSSR count). The highest BCUT2D eigenvalue weighted by molar-refractivity contribution is 5.89. The van der Waals surface area contributed by atoms with Crippen LogP contribution in [0.1, 0.15) is 45.1 Å². The molecule has 0 aliphatic heterocycles. The molecule has 0 aliphatic rings. The standard InChI is InChI=1S/C22H31N3O3/c1-15(19(28-5)17-12-9-13-23-17)20(26)24-18(21(27)25-22(2,3)4)14-16-10-7-6-8-11-16/h6-13,15,18-19,23H,14H2,1-5H3,(H,24,26)(H,25,27)/t15-,18+,19-/m1/s1. The van der Waals surface area contributed by atoms with E-state index in [-0.39, 0.29) is 17.4 Å². The molecule has 0 fully saturated rings. The molecule has 0 aliphatic carbocycles. The molecule has 2 aromatic rings. The van der Waals surface area contributed by atoms with Crippen molar-refractivity contribution < 1.29 is 14.3 Å². The zero-order valence-corrected chi connectivity index (χ0v) is 17.3. The lowest BCUT2D eigenvalue weighted by Gasteiger charge is -2.28. The van der Waals surface area contributed by atoms with Gasteiger partial charge >= 0.3 is 0 Å². The van der Waals surface area contributed by atoms with Gasteiger partial charge in [-0.3, -0.25) is 9.59 Å². The maximum Gasteiger partial charge on any atom is 0.243 e. The Kier molecular flexibility index (Phi) is 7.40. The zero-order valence-electron chi connectivity index (χ0n) is 17.3. The maximum atomic E-state index is 12.9. The number of hydrogen-bond donors (Lipinski definition) is 3. The summed E-state index contributed by atoms with van der Waals surface area (Å²) in [6.45, 7) is 7.55. The fraction of sp³-hybridized carbons (Fsp3) is 0.455. The van der Waals surface area contributed by atoms with Crippen LogP contribution in [-0.2, 0) is 20.7 Å². The van der Waals surface area contributed by atoms with Crippen molar-refractivity contribution in [3.63, 3.8) is 0 Å². The van der Waals surface area contributed by atoms with Gasteiger partial charge in [-0.15, -0.1) is 0 Å². The van der Waals surface area contributed by atoms with Crippen LogP contribution >= 0.6 is 0 Å². The Hall–Kier alpha value is -2.60. The smallest absolute Gasteiger partial charge is 0.243 e. The Morgan fingerprint density at radius 2 is 1.75 bits per heavy atom. The van der Waals surface area contributed by atoms with Crippen LogP contribution in [0.2, 0.25) is 0 Å². The molecule has 0 unspecified atom stereocenters. The van der Waals surface area contributed by atoms with Gasteiger partial charge in [0.25, 0.3) is 0 Å². The molecule has 1 aromatic heterocycles. The van der Waals surface area contributed by atoms with Gasteiger partial charge in [-0.2, -0.15) is 0 Å². The number of aromatic nitrogens is 1. The fourth-order valence-corrected chi connectivity index (χ4v) is 3.08. The van der Waals surface area contributed by atoms with Crippen LogP contribution < -0.4 is 10.6 Å². The van der Waals surface area contributed by atoms with Crippen molar-refractivity contribution in [1.29, 1.82) is 0 Å². The van der Waals surface area contributed by atoms with Gasteiger partial charge in [0.15, 0.2) is 0 Å². The first-order valence-electron chi connectivity index (χ1n) is 9.53. The van der Waals surface area contributed by atoms with Crippen LogP contribution in [0.4, 0.5) is 0 Å². The molecule has 6 nitrogen and oxygen atoms in total. The second kappa shape index (κ2) is 9.55. The minimum atomic E-state index is -0.669. The summed E-state index contributed by atoms with van der Waals surface area (Å²) in [5, 5.41) is 5.88. The van der Waals surface area contributed by atoms with Crippen LogP contribution in [0, 0.1) is 5.92 Å². The first-order chi connectivity index (χ1) is 13.2. The zero-order chi connectivity index (χ0) is 20.7. The molecule has 1 aromatic carbocycles. The first-order valence-corrected chi connectivity index (χ1v) is 9.53. The predicted molar refractivity (Wildman–Crippen MR) is 110 cm³/mol. The van der Waals surface area contributed by atoms with Gasteiger partial charge in [-0.25, -0.2) is 0 Å². The van der Waals surface area contributed by atoms with E-state index in [1.165, 1.54) is 0 Å². The van der Waals surface area contributed by atoms with E-state index >= 15 is 0 Å². The molecule has 1 heterocycles. The SMILES string of the molecule is CO[C@@H](c1ccc[nH]1)[C@@H](C)C(=O)N[C@@H](Cc1ccccc1)C(=O)NC(C)(C)C. The summed E-state index contributed by atoms with van der Waals surface area (Å²) in [5.74, 6) is -0.901. The van der Waals surface area contributed by atoms with Gasteiger partial charge in [-0.05, 0) is 38.5 Å². The lowest BCUT2D eigenvalue weighted by atomic mass is 9.98. The molecule has 0 saturated heterocycles. The summed E-state index contributed by atoms with van der Waals surface area (Å²) in [6, 6.07) is 12.7. The molecule has 2 amide bonds. The molecule has 3 atom stereocenters. The Labute approximate surface area is 167 Å². The largest absolute Gasteiger partial charge is 0.374 e. The van der Waals surface area contributed by atoms with E-state index in [0.29, 0.717) is 6.42 Å². The average Bonchev–Trinajstić information content (AvgIpc) is 3.15. The van der Waals surface area contributed by atoms with Crippen LogP contribution in [0.5, 0.6) is 0 Å². The van der Waals surface area contributed by atoms with Crippen molar-refractivity contribution in [1.82, 2.24) is 15.6 Å². The molecular formula is C22H31N3O3. The number of aromatic amines is 1. The number of hydrogen-bond acceptors (Lipinski definition) is 3. The number of carbonyl (C=O) groups excluding carboxylic acids is 2. The number of H-pyrrole nitrogens is 1. The molecule has 0 saturated carbocycles. The van der Waals surface area contributed by atoms with Crippen molar-refractivity contribution in [2.45, 2.75) is 51.8 Å². The number of amides is 2. The van der Waals surface area contributed by atoms with Crippen molar-refractivity contribution >= 4 is 11.8 Å². The minimum absolute atomic E-state index is 0.203. The van der Waals surface area contributed by atoms with Crippen molar-refractivity contribution in [3.8, 4) is 0 Å². The maximum absolute atomic E-state index is 12.9. The number of methoxy groups -OCH3 is 1. The normalized spacial score (nSPS) is 14.8. The summed E-state index contributed by atoms with van der Waals surface area (Å²) in [4.78, 5) is 28.8. The third-order valence-corrected chi connectivity index (χ3v) is 4.46. The molecule has 6 heteroatoms. The minimum Gasteiger partial charge on any atom is -0.374 e. The number of carbonyl (C=O) groups is 2. The second-order valence-electron chi connectivity index (χ2n) is 8.06. The van der Waals surface area contributed by atoms with Crippen molar-refractivity contribution in [2.75, 3.05) is 7.11 Å². The molecule has 0 radical (unpaired) electrons. The average molecular weight is 386 g/mol. The van der Waals surface area contributed by atoms with Crippen LogP contribution in [0.3, 0.4) is 0 Å². The third kappa shape index (κ3) is 6.23. The van der Waals surface area contributed by atoms with E-state index in [1.807, 2.05) is 63.2 Å². The summed E-state index contributed by atoms with van der Waals surface area (Å²) in [6.07, 6.45) is 1.79. The quantitative estimate of drug-likeness (QED) is 0.653. The van der Waals surface area contributed by atoms with E-state index in [2.05, 4.69) is 15.6 Å². The Morgan fingerprint density at radius 1 is 1.07 bits per heavy atom. The molecule has 3 N–H and O–H groups in total. The van der Waals surface area contributed by atoms with Crippen LogP contribution in [-0.4, -0.2) is 35.5 Å². The highest BCUT2D eigenvalue weighted by Gasteiger charge is 2.31. The van der Waals surface area contributed by atoms with Crippen molar-refractivity contribution in [2.24, 2.45) is 5.92 Å². The van der Waals surface area contributed by atoms with Gasteiger partial charge in [0.2, 0.25) is 11.8 Å². The van der Waals surface area contributed by atoms with Gasteiger partial charge in [0.05, 0.1) is 5.92 Å². The van der Waals surface area contributed by atoms with E-state index in [1.54, 1.807) is 20.2 Å². The highest BCUT2D eigenvalue weighted by Crippen LogP contribution is 2.24. The van der Waals surface area contributed by atoms with E-state index in [4.69, 9.17) is 4.74 Å². The summed E-state index contributed by atoms with van der Waals surface area (Å²) in [5.41, 5.74) is 1.42. The van der Waals surface area contributed by atoms with E-state index in [0.717, 1.165) is 11.3 Å². The number of rotatable bonds is 8. The first kappa shape index (κ1) is 21.7. The Morgan fingerprint density at radius 3 is 2.29 bits per heavy atom. The lowest BCUT2D eigenvalue weighted by Crippen LogP contribution is -2.54. The number of ether oxygens (including phenoxy) is 1. The topological polar surface area (TPSA) is 83.2 Å². The third-order valence-electron chi connectivity index (χ3n) is 4.46. The second-order valence-corrected chi connectivity index (χ2v) is 8.06. The lowest BCUT2D eigenvalue weighted by molar-refractivity contribution is -0.134. The van der Waals surface area contributed by atoms with Crippen LogP contribution in [0.25, 0.3) is 0 Å². The fourth-order valence-electron chi connectivity index (χ4n) is 3.08. The predicted octanol–water partition coefficient (Wildman–Crippen LogP) is 2.98. The number of nitrogens with one attached hydrogen (secondary N) is 3. The van der Waals surface area contributed by atoms with Gasteiger partial charge in [0.1, 0.15) is 12.1 Å². The number of benzene rings is 1. The van der Waals surface area contributed by atoms with E-state index < -0.39 is 18.1 Å². The van der Waals surface area contributed by atoms with E-state index in [9.17, 15) is 9.59 Å². The Balaban J connectivity index is 2.15. The van der Waals surface area contributed by atoms with Gasteiger partial charge in [-0.1, -0.05) is 37.3 Å². The van der Waals surface area contributed by atoms with Gasteiger partial charge < -0.3 is 20.4 Å². The van der Waals surface area contributed by atoms with Gasteiger partial charge in [0, 0.05) is 31.0 Å².